The average Bonchev–Trinajstić information content (AvgIpc) is 3.18. The summed E-state index contributed by atoms with van der Waals surface area (Å²) in [5.74, 6) is 1.69. The summed E-state index contributed by atoms with van der Waals surface area (Å²) in [6.07, 6.45) is 1.41. The van der Waals surface area contributed by atoms with Crippen LogP contribution in [0, 0.1) is 5.92 Å². The molecule has 2 N–H and O–H groups in total. The Labute approximate surface area is 171 Å². The summed E-state index contributed by atoms with van der Waals surface area (Å²) in [4.78, 5) is 13.9. The van der Waals surface area contributed by atoms with Gasteiger partial charge in [0.15, 0.2) is 17.3 Å². The molecule has 2 aromatic rings. The summed E-state index contributed by atoms with van der Waals surface area (Å²) < 4.78 is 13.1. The molecule has 0 unspecified atom stereocenters. The summed E-state index contributed by atoms with van der Waals surface area (Å²) in [6, 6.07) is 5.56. The van der Waals surface area contributed by atoms with Crippen molar-refractivity contribution < 1.29 is 14.3 Å². The maximum absolute atomic E-state index is 11.6. The number of benzene rings is 1. The third-order valence-corrected chi connectivity index (χ3v) is 5.40. The van der Waals surface area contributed by atoms with Crippen LogP contribution in [0.15, 0.2) is 18.2 Å². The number of primary amides is 1. The first-order chi connectivity index (χ1) is 13.8. The lowest BCUT2D eigenvalue weighted by Gasteiger charge is -2.37. The lowest BCUT2D eigenvalue weighted by Crippen LogP contribution is -2.42. The number of rotatable bonds is 6. The third kappa shape index (κ3) is 4.19. The number of likely N-dealkylation sites (tertiary alicyclic amines) is 1. The zero-order chi connectivity index (χ0) is 21.2. The monoisotopic (exact) mass is 402 g/mol. The number of methoxy groups -OCH3 is 2. The summed E-state index contributed by atoms with van der Waals surface area (Å²) in [5, 5.41) is 12.6. The molecule has 1 aromatic carbocycles. The minimum absolute atomic E-state index is 0.0993. The van der Waals surface area contributed by atoms with Crippen molar-refractivity contribution in [3.8, 4) is 11.5 Å². The van der Waals surface area contributed by atoms with Gasteiger partial charge in [-0.15, -0.1) is 5.10 Å². The molecule has 1 saturated heterocycles. The predicted molar refractivity (Wildman–Crippen MR) is 108 cm³/mol. The number of hydrogen-bond donors (Lipinski definition) is 1. The molecule has 9 heteroatoms. The van der Waals surface area contributed by atoms with Gasteiger partial charge in [-0.25, -0.2) is 4.68 Å². The Kier molecular flexibility index (Phi) is 6.07. The summed E-state index contributed by atoms with van der Waals surface area (Å²) in [5.41, 5.74) is 6.15. The number of aromatic nitrogens is 4. The number of piperidine rings is 1. The van der Waals surface area contributed by atoms with Crippen LogP contribution in [-0.2, 0) is 10.3 Å². The van der Waals surface area contributed by atoms with Gasteiger partial charge in [0.1, 0.15) is 6.04 Å². The molecule has 1 aromatic heterocycles. The van der Waals surface area contributed by atoms with Crippen LogP contribution in [-0.4, -0.2) is 58.3 Å². The van der Waals surface area contributed by atoms with Crippen molar-refractivity contribution in [3.05, 3.63) is 29.6 Å². The van der Waals surface area contributed by atoms with Gasteiger partial charge in [-0.1, -0.05) is 12.1 Å². The fourth-order valence-corrected chi connectivity index (χ4v) is 3.91. The van der Waals surface area contributed by atoms with Gasteiger partial charge < -0.3 is 15.2 Å². The highest BCUT2D eigenvalue weighted by atomic mass is 16.5. The number of carbonyl (C=O) groups excluding carboxylic acids is 1. The van der Waals surface area contributed by atoms with E-state index in [1.165, 1.54) is 0 Å². The van der Waals surface area contributed by atoms with E-state index >= 15 is 0 Å². The van der Waals surface area contributed by atoms with E-state index in [1.807, 2.05) is 22.9 Å². The molecule has 0 aliphatic carbocycles. The second-order valence-electron chi connectivity index (χ2n) is 8.32. The summed E-state index contributed by atoms with van der Waals surface area (Å²) in [7, 11) is 3.25. The Hall–Kier alpha value is -2.68. The molecule has 0 saturated carbocycles. The van der Waals surface area contributed by atoms with Crippen LogP contribution in [0.2, 0.25) is 0 Å². The molecular weight excluding hydrogens is 372 g/mol. The highest BCUT2D eigenvalue weighted by molar-refractivity contribution is 5.76. The van der Waals surface area contributed by atoms with Crippen LogP contribution >= 0.6 is 0 Å². The van der Waals surface area contributed by atoms with Gasteiger partial charge in [-0.3, -0.25) is 9.69 Å². The van der Waals surface area contributed by atoms with E-state index in [-0.39, 0.29) is 23.4 Å². The average molecular weight is 402 g/mol. The van der Waals surface area contributed by atoms with Crippen molar-refractivity contribution in [2.24, 2.45) is 11.7 Å². The molecule has 1 fully saturated rings. The Morgan fingerprint density at radius 2 is 1.90 bits per heavy atom. The van der Waals surface area contributed by atoms with Gasteiger partial charge >= 0.3 is 0 Å². The minimum atomic E-state index is -0.297. The molecule has 2 heterocycles. The number of hydrogen-bond acceptors (Lipinski definition) is 7. The molecule has 3 rings (SSSR count). The zero-order valence-electron chi connectivity index (χ0n) is 17.8. The van der Waals surface area contributed by atoms with Gasteiger partial charge in [0.2, 0.25) is 5.91 Å². The molecule has 29 heavy (non-hydrogen) atoms. The largest absolute Gasteiger partial charge is 0.493 e. The van der Waals surface area contributed by atoms with Crippen LogP contribution in [0.5, 0.6) is 11.5 Å². The second-order valence-corrected chi connectivity index (χ2v) is 8.32. The van der Waals surface area contributed by atoms with E-state index in [4.69, 9.17) is 15.2 Å². The van der Waals surface area contributed by atoms with Crippen LogP contribution in [0.4, 0.5) is 0 Å². The molecular formula is C20H30N6O3. The van der Waals surface area contributed by atoms with E-state index in [1.54, 1.807) is 14.2 Å². The second kappa shape index (κ2) is 8.36. The topological polar surface area (TPSA) is 108 Å². The van der Waals surface area contributed by atoms with Gasteiger partial charge in [-0.2, -0.15) is 0 Å². The first kappa shape index (κ1) is 21.0. The van der Waals surface area contributed by atoms with Crippen molar-refractivity contribution in [3.63, 3.8) is 0 Å². The van der Waals surface area contributed by atoms with E-state index in [2.05, 4.69) is 41.2 Å². The van der Waals surface area contributed by atoms with Crippen LogP contribution in [0.1, 0.15) is 51.0 Å². The maximum atomic E-state index is 11.6. The molecule has 9 nitrogen and oxygen atoms in total. The quantitative estimate of drug-likeness (QED) is 0.784. The first-order valence-corrected chi connectivity index (χ1v) is 9.81. The van der Waals surface area contributed by atoms with E-state index < -0.39 is 0 Å². The van der Waals surface area contributed by atoms with Crippen molar-refractivity contribution in [1.29, 1.82) is 0 Å². The highest BCUT2D eigenvalue weighted by Crippen LogP contribution is 2.41. The lowest BCUT2D eigenvalue weighted by atomic mass is 9.92. The molecule has 1 amide bonds. The SMILES string of the molecule is COc1cccc([C@H](c2nnnn2C(C)(C)C)N2CCC(C(N)=O)CC2)c1OC. The summed E-state index contributed by atoms with van der Waals surface area (Å²) >= 11 is 0. The van der Waals surface area contributed by atoms with Crippen molar-refractivity contribution >= 4 is 5.91 Å². The molecule has 1 atom stereocenters. The Balaban J connectivity index is 2.10. The fourth-order valence-electron chi connectivity index (χ4n) is 3.91. The van der Waals surface area contributed by atoms with Crippen molar-refractivity contribution in [2.45, 2.75) is 45.2 Å². The van der Waals surface area contributed by atoms with Crippen molar-refractivity contribution in [2.75, 3.05) is 27.3 Å². The molecule has 0 bridgehead atoms. The van der Waals surface area contributed by atoms with E-state index in [0.29, 0.717) is 37.4 Å². The zero-order valence-corrected chi connectivity index (χ0v) is 17.8. The molecule has 0 spiro atoms. The van der Waals surface area contributed by atoms with Gasteiger partial charge in [0.05, 0.1) is 19.8 Å². The number of carbonyl (C=O) groups is 1. The number of nitrogens with two attached hydrogens (primary N) is 1. The molecule has 1 aliphatic rings. The standard InChI is InChI=1S/C20H30N6O3/c1-20(2,3)26-19(22-23-24-26)16(25-11-9-13(10-12-25)18(21)27)14-7-6-8-15(28-4)17(14)29-5/h6-8,13,16H,9-12H2,1-5H3,(H2,21,27)/t16-/m1/s1. The van der Waals surface area contributed by atoms with Crippen molar-refractivity contribution in [1.82, 2.24) is 25.1 Å². The molecule has 0 radical (unpaired) electrons. The van der Waals surface area contributed by atoms with Crippen LogP contribution in [0.25, 0.3) is 0 Å². The normalized spacial score (nSPS) is 17.1. The predicted octanol–water partition coefficient (Wildman–Crippen LogP) is 1.73. The fraction of sp³-hybridized carbons (Fsp3) is 0.600. The minimum Gasteiger partial charge on any atom is -0.493 e. The van der Waals surface area contributed by atoms with Gasteiger partial charge in [0, 0.05) is 11.5 Å². The van der Waals surface area contributed by atoms with Gasteiger partial charge in [0.25, 0.3) is 0 Å². The van der Waals surface area contributed by atoms with Gasteiger partial charge in [-0.05, 0) is 63.2 Å². The van der Waals surface area contributed by atoms with Crippen LogP contribution in [0.3, 0.4) is 0 Å². The lowest BCUT2D eigenvalue weighted by molar-refractivity contribution is -0.123. The molecule has 1 aliphatic heterocycles. The Morgan fingerprint density at radius 1 is 1.21 bits per heavy atom. The Bertz CT molecular complexity index is 852. The molecule has 158 valence electrons. The third-order valence-electron chi connectivity index (χ3n) is 5.40. The number of para-hydroxylation sites is 1. The number of amides is 1. The number of ether oxygens (including phenoxy) is 2. The van der Waals surface area contributed by atoms with E-state index in [0.717, 1.165) is 11.4 Å². The smallest absolute Gasteiger partial charge is 0.220 e. The van der Waals surface area contributed by atoms with Crippen LogP contribution < -0.4 is 15.2 Å². The number of nitrogens with zero attached hydrogens (tertiary/aromatic N) is 5. The maximum Gasteiger partial charge on any atom is 0.220 e. The number of tetrazole rings is 1. The summed E-state index contributed by atoms with van der Waals surface area (Å²) in [6.45, 7) is 7.59. The van der Waals surface area contributed by atoms with E-state index in [9.17, 15) is 4.79 Å². The first-order valence-electron chi connectivity index (χ1n) is 9.81. The Morgan fingerprint density at radius 3 is 2.45 bits per heavy atom. The highest BCUT2D eigenvalue weighted by Gasteiger charge is 2.36.